The quantitative estimate of drug-likeness (QED) is 0.377. The van der Waals surface area contributed by atoms with E-state index in [4.69, 9.17) is 0 Å². The van der Waals surface area contributed by atoms with Gasteiger partial charge in [0.2, 0.25) is 5.91 Å². The number of aliphatic hydroxyl groups is 2. The molecular formula is C7H14N2O3. The van der Waals surface area contributed by atoms with Gasteiger partial charge >= 0.3 is 0 Å². The number of carbonyl (C=O) groups excluding carboxylic acids is 1. The molecule has 3 atom stereocenters. The van der Waals surface area contributed by atoms with Crippen LogP contribution in [0.1, 0.15) is 13.3 Å². The number of hydrogen-bond donors (Lipinski definition) is 4. The van der Waals surface area contributed by atoms with E-state index in [9.17, 15) is 15.0 Å². The van der Waals surface area contributed by atoms with Crippen LogP contribution in [0.3, 0.4) is 0 Å². The van der Waals surface area contributed by atoms with E-state index in [1.54, 1.807) is 0 Å². The van der Waals surface area contributed by atoms with Gasteiger partial charge < -0.3 is 15.5 Å². The zero-order valence-corrected chi connectivity index (χ0v) is 6.95. The molecule has 0 aromatic heterocycles. The SMILES string of the molecule is CC(=O)N[C@@H]1NCC[C@H](O)[C@H]1O. The average Bonchev–Trinajstić information content (AvgIpc) is 1.98. The first-order valence-electron chi connectivity index (χ1n) is 3.98. The Labute approximate surface area is 70.8 Å². The van der Waals surface area contributed by atoms with E-state index in [0.29, 0.717) is 13.0 Å². The predicted molar refractivity (Wildman–Crippen MR) is 42.2 cm³/mol. The van der Waals surface area contributed by atoms with Crippen LogP contribution >= 0.6 is 0 Å². The first-order chi connectivity index (χ1) is 5.61. The van der Waals surface area contributed by atoms with Crippen LogP contribution < -0.4 is 10.6 Å². The smallest absolute Gasteiger partial charge is 0.218 e. The maximum absolute atomic E-state index is 10.6. The van der Waals surface area contributed by atoms with Crippen LogP contribution in [0.5, 0.6) is 0 Å². The number of carbonyl (C=O) groups is 1. The lowest BCUT2D eigenvalue weighted by Gasteiger charge is -2.32. The number of piperidine rings is 1. The van der Waals surface area contributed by atoms with Gasteiger partial charge in [-0.2, -0.15) is 0 Å². The van der Waals surface area contributed by atoms with Crippen molar-refractivity contribution < 1.29 is 15.0 Å². The van der Waals surface area contributed by atoms with Crippen molar-refractivity contribution in [3.8, 4) is 0 Å². The zero-order valence-electron chi connectivity index (χ0n) is 6.95. The fraction of sp³-hybridized carbons (Fsp3) is 0.857. The normalized spacial score (nSPS) is 36.1. The van der Waals surface area contributed by atoms with Gasteiger partial charge in [-0.3, -0.25) is 10.1 Å². The molecule has 1 rings (SSSR count). The lowest BCUT2D eigenvalue weighted by atomic mass is 10.0. The molecule has 0 radical (unpaired) electrons. The Kier molecular flexibility index (Phi) is 3.02. The molecule has 1 aliphatic heterocycles. The summed E-state index contributed by atoms with van der Waals surface area (Å²) in [4.78, 5) is 10.6. The minimum Gasteiger partial charge on any atom is -0.390 e. The van der Waals surface area contributed by atoms with Gasteiger partial charge in [0.1, 0.15) is 12.3 Å². The summed E-state index contributed by atoms with van der Waals surface area (Å²) in [7, 11) is 0. The molecule has 0 aliphatic carbocycles. The minimum absolute atomic E-state index is 0.222. The number of aliphatic hydroxyl groups excluding tert-OH is 2. The summed E-state index contributed by atoms with van der Waals surface area (Å²) in [6.45, 7) is 1.97. The molecule has 70 valence electrons. The van der Waals surface area contributed by atoms with Crippen LogP contribution in [0.2, 0.25) is 0 Å². The number of amides is 1. The second-order valence-corrected chi connectivity index (χ2v) is 2.98. The van der Waals surface area contributed by atoms with Crippen LogP contribution in [0, 0.1) is 0 Å². The Morgan fingerprint density at radius 1 is 1.58 bits per heavy atom. The van der Waals surface area contributed by atoms with Crippen LogP contribution in [0.4, 0.5) is 0 Å². The summed E-state index contributed by atoms with van der Waals surface area (Å²) in [6, 6.07) is 0. The highest BCUT2D eigenvalue weighted by atomic mass is 16.3. The number of hydrogen-bond acceptors (Lipinski definition) is 4. The third-order valence-corrected chi connectivity index (χ3v) is 1.90. The van der Waals surface area contributed by atoms with Crippen LogP contribution in [-0.2, 0) is 4.79 Å². The highest BCUT2D eigenvalue weighted by molar-refractivity contribution is 5.73. The van der Waals surface area contributed by atoms with Crippen molar-refractivity contribution in [2.24, 2.45) is 0 Å². The highest BCUT2D eigenvalue weighted by Crippen LogP contribution is 2.07. The maximum Gasteiger partial charge on any atom is 0.218 e. The topological polar surface area (TPSA) is 81.6 Å². The van der Waals surface area contributed by atoms with Gasteiger partial charge in [-0.05, 0) is 13.0 Å². The van der Waals surface area contributed by atoms with Crippen molar-refractivity contribution in [3.63, 3.8) is 0 Å². The Morgan fingerprint density at radius 3 is 2.83 bits per heavy atom. The summed E-state index contributed by atoms with van der Waals surface area (Å²) in [6.07, 6.45) is -1.67. The molecule has 1 saturated heterocycles. The molecule has 0 saturated carbocycles. The van der Waals surface area contributed by atoms with Crippen molar-refractivity contribution in [3.05, 3.63) is 0 Å². The molecule has 0 aromatic rings. The molecule has 0 bridgehead atoms. The van der Waals surface area contributed by atoms with Gasteiger partial charge in [-0.1, -0.05) is 0 Å². The van der Waals surface area contributed by atoms with Crippen LogP contribution in [-0.4, -0.2) is 41.0 Å². The molecule has 5 heteroatoms. The van der Waals surface area contributed by atoms with E-state index in [2.05, 4.69) is 10.6 Å². The van der Waals surface area contributed by atoms with E-state index in [1.165, 1.54) is 6.92 Å². The van der Waals surface area contributed by atoms with Crippen molar-refractivity contribution >= 4 is 5.91 Å². The van der Waals surface area contributed by atoms with Gasteiger partial charge in [-0.25, -0.2) is 0 Å². The Bertz CT molecular complexity index is 174. The Morgan fingerprint density at radius 2 is 2.25 bits per heavy atom. The fourth-order valence-corrected chi connectivity index (χ4v) is 1.26. The molecule has 4 N–H and O–H groups in total. The lowest BCUT2D eigenvalue weighted by Crippen LogP contribution is -2.60. The second-order valence-electron chi connectivity index (χ2n) is 2.98. The molecule has 0 unspecified atom stereocenters. The van der Waals surface area contributed by atoms with Gasteiger partial charge in [0.05, 0.1) is 6.10 Å². The third-order valence-electron chi connectivity index (χ3n) is 1.90. The Balaban J connectivity index is 2.46. The highest BCUT2D eigenvalue weighted by Gasteiger charge is 2.30. The van der Waals surface area contributed by atoms with E-state index in [1.807, 2.05) is 0 Å². The molecule has 5 nitrogen and oxygen atoms in total. The summed E-state index contributed by atoms with van der Waals surface area (Å²) >= 11 is 0. The number of rotatable bonds is 1. The molecule has 0 aromatic carbocycles. The Hall–Kier alpha value is -0.650. The maximum atomic E-state index is 10.6. The fourth-order valence-electron chi connectivity index (χ4n) is 1.26. The van der Waals surface area contributed by atoms with Gasteiger partial charge in [-0.15, -0.1) is 0 Å². The lowest BCUT2D eigenvalue weighted by molar-refractivity contribution is -0.122. The monoisotopic (exact) mass is 174 g/mol. The summed E-state index contributed by atoms with van der Waals surface area (Å²) in [5.41, 5.74) is 0. The van der Waals surface area contributed by atoms with Crippen molar-refractivity contribution in [1.29, 1.82) is 0 Å². The van der Waals surface area contributed by atoms with E-state index in [0.717, 1.165) is 0 Å². The van der Waals surface area contributed by atoms with Crippen molar-refractivity contribution in [2.75, 3.05) is 6.54 Å². The molecule has 1 aliphatic rings. The first kappa shape index (κ1) is 9.44. The first-order valence-corrected chi connectivity index (χ1v) is 3.98. The molecule has 1 fully saturated rings. The zero-order chi connectivity index (χ0) is 9.14. The van der Waals surface area contributed by atoms with Crippen LogP contribution in [0.25, 0.3) is 0 Å². The second kappa shape index (κ2) is 3.84. The van der Waals surface area contributed by atoms with E-state index in [-0.39, 0.29) is 5.91 Å². The van der Waals surface area contributed by atoms with Gasteiger partial charge in [0.25, 0.3) is 0 Å². The summed E-state index contributed by atoms with van der Waals surface area (Å²) < 4.78 is 0. The van der Waals surface area contributed by atoms with Gasteiger partial charge in [0, 0.05) is 6.92 Å². The summed E-state index contributed by atoms with van der Waals surface area (Å²) in [5, 5.41) is 24.0. The minimum atomic E-state index is -0.914. The third kappa shape index (κ3) is 2.17. The standard InChI is InChI=1S/C7H14N2O3/c1-4(10)9-7-6(12)5(11)2-3-8-7/h5-8,11-12H,2-3H2,1H3,(H,9,10)/t5-,6+,7-/m0/s1. The predicted octanol–water partition coefficient (Wildman–Crippen LogP) is -1.84. The van der Waals surface area contributed by atoms with Crippen LogP contribution in [0.15, 0.2) is 0 Å². The molecule has 12 heavy (non-hydrogen) atoms. The van der Waals surface area contributed by atoms with Crippen molar-refractivity contribution in [2.45, 2.75) is 31.7 Å². The molecule has 1 heterocycles. The molecule has 1 amide bonds. The van der Waals surface area contributed by atoms with Crippen molar-refractivity contribution in [1.82, 2.24) is 10.6 Å². The summed E-state index contributed by atoms with van der Waals surface area (Å²) in [5.74, 6) is -0.222. The van der Waals surface area contributed by atoms with E-state index >= 15 is 0 Å². The molecule has 0 spiro atoms. The average molecular weight is 174 g/mol. The van der Waals surface area contributed by atoms with Gasteiger partial charge in [0.15, 0.2) is 0 Å². The largest absolute Gasteiger partial charge is 0.390 e. The molecular weight excluding hydrogens is 160 g/mol. The number of nitrogens with one attached hydrogen (secondary N) is 2. The van der Waals surface area contributed by atoms with E-state index < -0.39 is 18.4 Å².